The van der Waals surface area contributed by atoms with Gasteiger partial charge in [0.1, 0.15) is 0 Å². The van der Waals surface area contributed by atoms with E-state index < -0.39 is 17.9 Å². The van der Waals surface area contributed by atoms with Crippen LogP contribution in [0.2, 0.25) is 0 Å². The Morgan fingerprint density at radius 1 is 1.19 bits per heavy atom. The molecule has 0 unspecified atom stereocenters. The van der Waals surface area contributed by atoms with Crippen LogP contribution >= 0.6 is 0 Å². The lowest BCUT2D eigenvalue weighted by Crippen LogP contribution is -2.25. The Labute approximate surface area is 93.5 Å². The third-order valence-corrected chi connectivity index (χ3v) is 2.74. The molecule has 1 aromatic carbocycles. The van der Waals surface area contributed by atoms with Gasteiger partial charge in [-0.25, -0.2) is 0 Å². The normalized spacial score (nSPS) is 10.4. The Bertz CT molecular complexity index is 409. The number of aryl methyl sites for hydroxylation is 1. The van der Waals surface area contributed by atoms with E-state index in [9.17, 15) is 9.59 Å². The van der Waals surface area contributed by atoms with Crippen LogP contribution in [0, 0.1) is 19.8 Å². The van der Waals surface area contributed by atoms with Crippen LogP contribution in [0.15, 0.2) is 18.2 Å². The molecule has 0 spiro atoms. The van der Waals surface area contributed by atoms with Gasteiger partial charge < -0.3 is 10.2 Å². The van der Waals surface area contributed by atoms with Crippen molar-refractivity contribution in [2.45, 2.75) is 20.3 Å². The second kappa shape index (κ2) is 4.79. The maximum Gasteiger partial charge on any atom is 0.318 e. The first kappa shape index (κ1) is 12.2. The first-order valence-electron chi connectivity index (χ1n) is 4.94. The predicted octanol–water partition coefficient (Wildman–Crippen LogP) is 1.63. The van der Waals surface area contributed by atoms with Crippen molar-refractivity contribution in [2.24, 2.45) is 5.92 Å². The van der Waals surface area contributed by atoms with E-state index in [0.29, 0.717) is 0 Å². The number of benzene rings is 1. The zero-order chi connectivity index (χ0) is 12.3. The van der Waals surface area contributed by atoms with Gasteiger partial charge in [0, 0.05) is 0 Å². The van der Waals surface area contributed by atoms with Crippen LogP contribution in [0.5, 0.6) is 0 Å². The number of hydrogen-bond donors (Lipinski definition) is 2. The Kier molecular flexibility index (Phi) is 3.66. The second-order valence-corrected chi connectivity index (χ2v) is 3.79. The van der Waals surface area contributed by atoms with Crippen molar-refractivity contribution in [2.75, 3.05) is 0 Å². The van der Waals surface area contributed by atoms with Gasteiger partial charge in [0.2, 0.25) is 0 Å². The molecule has 0 heterocycles. The zero-order valence-electron chi connectivity index (χ0n) is 9.23. The number of carbonyl (C=O) groups is 2. The smallest absolute Gasteiger partial charge is 0.318 e. The summed E-state index contributed by atoms with van der Waals surface area (Å²) in [6.45, 7) is 3.78. The molecule has 1 rings (SSSR count). The number of carboxylic acid groups (broad SMARTS) is 2. The molecule has 0 radical (unpaired) electrons. The summed E-state index contributed by atoms with van der Waals surface area (Å²) in [5, 5.41) is 17.6. The second-order valence-electron chi connectivity index (χ2n) is 3.79. The molecular weight excluding hydrogens is 208 g/mol. The van der Waals surface area contributed by atoms with Crippen molar-refractivity contribution in [3.05, 3.63) is 34.9 Å². The average Bonchev–Trinajstić information content (AvgIpc) is 2.19. The van der Waals surface area contributed by atoms with E-state index in [1.54, 1.807) is 12.1 Å². The van der Waals surface area contributed by atoms with Crippen LogP contribution in [0.4, 0.5) is 0 Å². The molecule has 0 bridgehead atoms. The fraction of sp³-hybridized carbons (Fsp3) is 0.333. The quantitative estimate of drug-likeness (QED) is 0.759. The van der Waals surface area contributed by atoms with Crippen molar-refractivity contribution < 1.29 is 19.8 Å². The zero-order valence-corrected chi connectivity index (χ0v) is 9.23. The van der Waals surface area contributed by atoms with Crippen LogP contribution in [0.1, 0.15) is 16.7 Å². The van der Waals surface area contributed by atoms with E-state index in [1.165, 1.54) is 0 Å². The third kappa shape index (κ3) is 2.59. The first-order valence-corrected chi connectivity index (χ1v) is 4.94. The maximum absolute atomic E-state index is 10.8. The lowest BCUT2D eigenvalue weighted by Gasteiger charge is -2.11. The highest BCUT2D eigenvalue weighted by atomic mass is 16.4. The van der Waals surface area contributed by atoms with Crippen LogP contribution in [0.3, 0.4) is 0 Å². The SMILES string of the molecule is Cc1cccc(CC(C(=O)O)C(=O)O)c1C. The summed E-state index contributed by atoms with van der Waals surface area (Å²) >= 11 is 0. The van der Waals surface area contributed by atoms with E-state index in [0.717, 1.165) is 16.7 Å². The van der Waals surface area contributed by atoms with Gasteiger partial charge in [0.15, 0.2) is 5.92 Å². The fourth-order valence-electron chi connectivity index (χ4n) is 1.53. The highest BCUT2D eigenvalue weighted by Gasteiger charge is 2.26. The van der Waals surface area contributed by atoms with Gasteiger partial charge in [0.25, 0.3) is 0 Å². The molecule has 4 heteroatoms. The molecule has 0 atom stereocenters. The van der Waals surface area contributed by atoms with Crippen molar-refractivity contribution in [1.29, 1.82) is 0 Å². The topological polar surface area (TPSA) is 74.6 Å². The summed E-state index contributed by atoms with van der Waals surface area (Å²) in [7, 11) is 0. The average molecular weight is 222 g/mol. The largest absolute Gasteiger partial charge is 0.481 e. The van der Waals surface area contributed by atoms with E-state index in [4.69, 9.17) is 10.2 Å². The molecule has 2 N–H and O–H groups in total. The number of hydrogen-bond acceptors (Lipinski definition) is 2. The minimum Gasteiger partial charge on any atom is -0.481 e. The molecule has 0 aliphatic carbocycles. The van der Waals surface area contributed by atoms with Crippen LogP contribution < -0.4 is 0 Å². The van der Waals surface area contributed by atoms with Crippen molar-refractivity contribution in [3.8, 4) is 0 Å². The lowest BCUT2D eigenvalue weighted by molar-refractivity contribution is -0.154. The first-order chi connectivity index (χ1) is 7.43. The van der Waals surface area contributed by atoms with E-state index in [2.05, 4.69) is 0 Å². The molecular formula is C12H14O4. The Balaban J connectivity index is 2.98. The molecule has 0 saturated heterocycles. The predicted molar refractivity (Wildman–Crippen MR) is 58.4 cm³/mol. The summed E-state index contributed by atoms with van der Waals surface area (Å²) in [5.74, 6) is -3.97. The van der Waals surface area contributed by atoms with Crippen molar-refractivity contribution >= 4 is 11.9 Å². The van der Waals surface area contributed by atoms with Gasteiger partial charge in [-0.15, -0.1) is 0 Å². The molecule has 0 aliphatic rings. The number of rotatable bonds is 4. The Hall–Kier alpha value is -1.84. The van der Waals surface area contributed by atoms with Crippen molar-refractivity contribution in [1.82, 2.24) is 0 Å². The van der Waals surface area contributed by atoms with Gasteiger partial charge in [-0.1, -0.05) is 18.2 Å². The van der Waals surface area contributed by atoms with Gasteiger partial charge in [-0.3, -0.25) is 9.59 Å². The molecule has 1 aromatic rings. The lowest BCUT2D eigenvalue weighted by atomic mass is 9.94. The highest BCUT2D eigenvalue weighted by molar-refractivity contribution is 5.93. The van der Waals surface area contributed by atoms with E-state index in [1.807, 2.05) is 19.9 Å². The van der Waals surface area contributed by atoms with E-state index in [-0.39, 0.29) is 6.42 Å². The van der Waals surface area contributed by atoms with Gasteiger partial charge in [-0.05, 0) is 37.0 Å². The van der Waals surface area contributed by atoms with Crippen LogP contribution in [0.25, 0.3) is 0 Å². The van der Waals surface area contributed by atoms with Crippen LogP contribution in [-0.2, 0) is 16.0 Å². The van der Waals surface area contributed by atoms with Gasteiger partial charge in [-0.2, -0.15) is 0 Å². The molecule has 0 fully saturated rings. The molecule has 86 valence electrons. The standard InChI is InChI=1S/C12H14O4/c1-7-4-3-5-9(8(7)2)6-10(11(13)14)12(15)16/h3-5,10H,6H2,1-2H3,(H,13,14)(H,15,16). The van der Waals surface area contributed by atoms with Gasteiger partial charge >= 0.3 is 11.9 Å². The Morgan fingerprint density at radius 2 is 1.75 bits per heavy atom. The summed E-state index contributed by atoms with van der Waals surface area (Å²) in [5.41, 5.74) is 2.76. The Morgan fingerprint density at radius 3 is 2.25 bits per heavy atom. The highest BCUT2D eigenvalue weighted by Crippen LogP contribution is 2.17. The minimum atomic E-state index is -1.37. The van der Waals surface area contributed by atoms with Crippen molar-refractivity contribution in [3.63, 3.8) is 0 Å². The molecule has 0 aliphatic heterocycles. The molecule has 16 heavy (non-hydrogen) atoms. The van der Waals surface area contributed by atoms with Gasteiger partial charge in [0.05, 0.1) is 0 Å². The summed E-state index contributed by atoms with van der Waals surface area (Å²) in [4.78, 5) is 21.5. The number of aliphatic carboxylic acids is 2. The summed E-state index contributed by atoms with van der Waals surface area (Å²) in [6, 6.07) is 5.48. The maximum atomic E-state index is 10.8. The molecule has 4 nitrogen and oxygen atoms in total. The van der Waals surface area contributed by atoms with E-state index >= 15 is 0 Å². The monoisotopic (exact) mass is 222 g/mol. The molecule has 0 amide bonds. The van der Waals surface area contributed by atoms with Crippen LogP contribution in [-0.4, -0.2) is 22.2 Å². The summed E-state index contributed by atoms with van der Waals surface area (Å²) < 4.78 is 0. The summed E-state index contributed by atoms with van der Waals surface area (Å²) in [6.07, 6.45) is 0.0260. The molecule has 0 saturated carbocycles. The number of carboxylic acids is 2. The minimum absolute atomic E-state index is 0.0260. The third-order valence-electron chi connectivity index (χ3n) is 2.74. The fourth-order valence-corrected chi connectivity index (χ4v) is 1.53. The molecule has 0 aromatic heterocycles.